The standard InChI is InChI=1S/C44H36N4/c1-5-13-29(14-6-1)41-33-21-23-35(45-33)42(30-15-7-2-8-16-30)37-25-27-39(47-37)44(32-19-11-4-12-20-32)40-28-26-38(48-40)43(31-17-9-3-10-18-31)36-24-22-34(41)46-36/h1-28,41-48H. The zero-order chi connectivity index (χ0) is 31.9. The maximum absolute atomic E-state index is 3.93. The van der Waals surface area contributed by atoms with E-state index in [0.717, 1.165) is 45.6 Å². The Hall–Kier alpha value is -6.00. The van der Waals surface area contributed by atoms with Crippen LogP contribution in [0.3, 0.4) is 0 Å². The van der Waals surface area contributed by atoms with Crippen LogP contribution in [0.2, 0.25) is 0 Å². The molecule has 4 heteroatoms. The molecule has 0 fully saturated rings. The third-order valence-electron chi connectivity index (χ3n) is 9.94. The Kier molecular flexibility index (Phi) is 7.05. The fraction of sp³-hybridized carbons (Fsp3) is 0.0909. The van der Waals surface area contributed by atoms with Gasteiger partial charge in [-0.2, -0.15) is 0 Å². The molecular formula is C44H36N4. The highest BCUT2D eigenvalue weighted by molar-refractivity contribution is 5.48. The van der Waals surface area contributed by atoms with Gasteiger partial charge in [-0.05, 0) is 70.8 Å². The number of benzene rings is 4. The molecule has 8 aromatic rings. The van der Waals surface area contributed by atoms with Crippen LogP contribution < -0.4 is 0 Å². The molecule has 48 heavy (non-hydrogen) atoms. The van der Waals surface area contributed by atoms with Crippen LogP contribution >= 0.6 is 0 Å². The minimum atomic E-state index is 0.00955. The quantitative estimate of drug-likeness (QED) is 0.151. The highest BCUT2D eigenvalue weighted by Gasteiger charge is 2.29. The first-order valence-corrected chi connectivity index (χ1v) is 16.7. The summed E-state index contributed by atoms with van der Waals surface area (Å²) in [5.74, 6) is 0.0382. The molecule has 232 valence electrons. The van der Waals surface area contributed by atoms with Gasteiger partial charge in [0, 0.05) is 45.6 Å². The van der Waals surface area contributed by atoms with Crippen LogP contribution in [0.5, 0.6) is 0 Å². The van der Waals surface area contributed by atoms with Gasteiger partial charge in [0.25, 0.3) is 0 Å². The molecule has 4 nitrogen and oxygen atoms in total. The van der Waals surface area contributed by atoms with Crippen LogP contribution in [0.25, 0.3) is 0 Å². The van der Waals surface area contributed by atoms with E-state index in [-0.39, 0.29) is 23.7 Å². The lowest BCUT2D eigenvalue weighted by Crippen LogP contribution is -2.10. The van der Waals surface area contributed by atoms with Crippen molar-refractivity contribution in [3.8, 4) is 0 Å². The fourth-order valence-corrected chi connectivity index (χ4v) is 7.75. The van der Waals surface area contributed by atoms with Crippen LogP contribution in [0, 0.1) is 0 Å². The summed E-state index contributed by atoms with van der Waals surface area (Å²) < 4.78 is 0. The zero-order valence-corrected chi connectivity index (χ0v) is 26.5. The molecule has 0 radical (unpaired) electrons. The number of rotatable bonds is 4. The van der Waals surface area contributed by atoms with Crippen LogP contribution in [-0.4, -0.2) is 19.9 Å². The first-order chi connectivity index (χ1) is 23.8. The van der Waals surface area contributed by atoms with Gasteiger partial charge in [-0.3, -0.25) is 0 Å². The normalized spacial score (nSPS) is 18.8. The van der Waals surface area contributed by atoms with Crippen molar-refractivity contribution in [3.63, 3.8) is 0 Å². The van der Waals surface area contributed by atoms with Crippen LogP contribution in [0.4, 0.5) is 0 Å². The second kappa shape index (κ2) is 12.0. The molecule has 0 saturated carbocycles. The molecule has 0 unspecified atom stereocenters. The van der Waals surface area contributed by atoms with Gasteiger partial charge in [0.05, 0.1) is 23.7 Å². The lowest BCUT2D eigenvalue weighted by Gasteiger charge is -2.20. The van der Waals surface area contributed by atoms with Crippen molar-refractivity contribution in [1.29, 1.82) is 0 Å². The minimum Gasteiger partial charge on any atom is -0.361 e. The second-order valence-corrected chi connectivity index (χ2v) is 12.9. The van der Waals surface area contributed by atoms with Gasteiger partial charge >= 0.3 is 0 Å². The Labute approximate surface area is 280 Å². The molecular weight excluding hydrogens is 585 g/mol. The topological polar surface area (TPSA) is 63.2 Å². The van der Waals surface area contributed by atoms with E-state index in [2.05, 4.69) is 190 Å². The molecule has 0 amide bonds. The first kappa shape index (κ1) is 28.2. The van der Waals surface area contributed by atoms with Crippen LogP contribution in [0.1, 0.15) is 91.5 Å². The number of hydrogen-bond donors (Lipinski definition) is 4. The number of aromatic amines is 4. The highest BCUT2D eigenvalue weighted by atomic mass is 14.8. The van der Waals surface area contributed by atoms with Crippen molar-refractivity contribution in [1.82, 2.24) is 19.9 Å². The van der Waals surface area contributed by atoms with Gasteiger partial charge in [0.2, 0.25) is 0 Å². The lowest BCUT2D eigenvalue weighted by molar-refractivity contribution is 0.811. The molecule has 1 aliphatic rings. The molecule has 1 aliphatic heterocycles. The zero-order valence-electron chi connectivity index (χ0n) is 26.5. The van der Waals surface area contributed by atoms with E-state index in [9.17, 15) is 0 Å². The summed E-state index contributed by atoms with van der Waals surface area (Å²) in [4.78, 5) is 15.7. The van der Waals surface area contributed by atoms with E-state index in [1.54, 1.807) is 0 Å². The number of H-pyrrole nitrogens is 4. The van der Waals surface area contributed by atoms with Gasteiger partial charge in [-0.15, -0.1) is 0 Å². The van der Waals surface area contributed by atoms with E-state index in [1.807, 2.05) is 0 Å². The van der Waals surface area contributed by atoms with Gasteiger partial charge in [0.1, 0.15) is 0 Å². The molecule has 4 aromatic heterocycles. The van der Waals surface area contributed by atoms with Crippen molar-refractivity contribution >= 4 is 0 Å². The van der Waals surface area contributed by atoms with Crippen molar-refractivity contribution in [2.75, 3.05) is 0 Å². The van der Waals surface area contributed by atoms with E-state index >= 15 is 0 Å². The Morgan fingerprint density at radius 1 is 0.208 bits per heavy atom. The molecule has 5 heterocycles. The summed E-state index contributed by atoms with van der Waals surface area (Å²) in [6.45, 7) is 0. The number of nitrogens with one attached hydrogen (secondary N) is 4. The van der Waals surface area contributed by atoms with Crippen molar-refractivity contribution in [2.45, 2.75) is 23.7 Å². The third-order valence-corrected chi connectivity index (χ3v) is 9.94. The summed E-state index contributed by atoms with van der Waals surface area (Å²) in [5.41, 5.74) is 14.2. The predicted molar refractivity (Wildman–Crippen MR) is 193 cm³/mol. The molecule has 0 atom stereocenters. The average Bonchev–Trinajstić information content (AvgIpc) is 3.98. The molecule has 4 N–H and O–H groups in total. The lowest BCUT2D eigenvalue weighted by atomic mass is 9.92. The van der Waals surface area contributed by atoms with Gasteiger partial charge in [-0.1, -0.05) is 121 Å². The Bertz CT molecular complexity index is 1850. The SMILES string of the molecule is c1ccc(C2c3ccc([nH]3)C(c3ccccc3)c3ccc([nH]3)C(c3ccccc3)c3ccc([nH]3)C(c3ccccc3)c3ccc2[nH]3)cc1. The van der Waals surface area contributed by atoms with Crippen LogP contribution in [-0.2, 0) is 0 Å². The molecule has 0 aliphatic carbocycles. The molecule has 0 saturated heterocycles. The van der Waals surface area contributed by atoms with E-state index < -0.39 is 0 Å². The Morgan fingerprint density at radius 3 is 0.542 bits per heavy atom. The number of fused-ring (bicyclic) bond motifs is 8. The summed E-state index contributed by atoms with van der Waals surface area (Å²) in [6.07, 6.45) is 0. The van der Waals surface area contributed by atoms with Gasteiger partial charge in [-0.25, -0.2) is 0 Å². The summed E-state index contributed by atoms with van der Waals surface area (Å²) in [5, 5.41) is 0. The number of hydrogen-bond acceptors (Lipinski definition) is 0. The monoisotopic (exact) mass is 620 g/mol. The molecule has 0 spiro atoms. The second-order valence-electron chi connectivity index (χ2n) is 12.9. The minimum absolute atomic E-state index is 0.00955. The van der Waals surface area contributed by atoms with Crippen molar-refractivity contribution < 1.29 is 0 Å². The maximum Gasteiger partial charge on any atom is 0.0641 e. The Balaban J connectivity index is 1.30. The largest absolute Gasteiger partial charge is 0.361 e. The van der Waals surface area contributed by atoms with Crippen molar-refractivity contribution in [2.24, 2.45) is 0 Å². The summed E-state index contributed by atoms with van der Waals surface area (Å²) in [7, 11) is 0. The van der Waals surface area contributed by atoms with Gasteiger partial charge in [0.15, 0.2) is 0 Å². The molecule has 9 rings (SSSR count). The van der Waals surface area contributed by atoms with E-state index in [0.29, 0.717) is 0 Å². The number of aromatic nitrogens is 4. The average molecular weight is 621 g/mol. The van der Waals surface area contributed by atoms with E-state index in [4.69, 9.17) is 0 Å². The Morgan fingerprint density at radius 2 is 0.375 bits per heavy atom. The van der Waals surface area contributed by atoms with Crippen molar-refractivity contribution in [3.05, 3.63) is 238 Å². The predicted octanol–water partition coefficient (Wildman–Crippen LogP) is 10.0. The summed E-state index contributed by atoms with van der Waals surface area (Å²) >= 11 is 0. The third kappa shape index (κ3) is 5.03. The molecule has 8 bridgehead atoms. The van der Waals surface area contributed by atoms with Gasteiger partial charge < -0.3 is 19.9 Å². The smallest absolute Gasteiger partial charge is 0.0641 e. The van der Waals surface area contributed by atoms with E-state index in [1.165, 1.54) is 22.3 Å². The molecule has 4 aromatic carbocycles. The maximum atomic E-state index is 3.93. The van der Waals surface area contributed by atoms with Crippen LogP contribution in [0.15, 0.2) is 170 Å². The summed E-state index contributed by atoms with van der Waals surface area (Å²) in [6, 6.07) is 61.4. The highest BCUT2D eigenvalue weighted by Crippen LogP contribution is 2.40. The first-order valence-electron chi connectivity index (χ1n) is 16.7. The fourth-order valence-electron chi connectivity index (χ4n) is 7.75.